The van der Waals surface area contributed by atoms with Crippen LogP contribution in [-0.2, 0) is 6.54 Å². The van der Waals surface area contributed by atoms with Gasteiger partial charge in [-0.15, -0.1) is 0 Å². The molecule has 4 nitrogen and oxygen atoms in total. The van der Waals surface area contributed by atoms with Crippen LogP contribution in [-0.4, -0.2) is 15.7 Å². The minimum atomic E-state index is 0.458. The Hall–Kier alpha value is -6.13. The summed E-state index contributed by atoms with van der Waals surface area (Å²) in [5.74, 6) is 0.680. The van der Waals surface area contributed by atoms with Crippen molar-refractivity contribution in [1.82, 2.24) is 9.97 Å². The van der Waals surface area contributed by atoms with E-state index in [1.807, 2.05) is 54.6 Å². The van der Waals surface area contributed by atoms with Gasteiger partial charge in [-0.3, -0.25) is 4.99 Å². The zero-order chi connectivity index (χ0) is 31.1. The molecule has 46 heavy (non-hydrogen) atoms. The molecule has 0 aliphatic rings. The number of nitrogens with two attached hydrogens (primary N) is 1. The van der Waals surface area contributed by atoms with Crippen LogP contribution in [0.15, 0.2) is 175 Å². The second-order valence-corrected chi connectivity index (χ2v) is 11.1. The number of hydrogen-bond acceptors (Lipinski definition) is 4. The first-order valence-corrected chi connectivity index (χ1v) is 15.3. The fraction of sp³-hybridized carbons (Fsp3) is 0.0238. The van der Waals surface area contributed by atoms with Gasteiger partial charge in [-0.2, -0.15) is 0 Å². The van der Waals surface area contributed by atoms with Gasteiger partial charge in [0, 0.05) is 34.8 Å². The Morgan fingerprint density at radius 3 is 1.63 bits per heavy atom. The van der Waals surface area contributed by atoms with Crippen LogP contribution in [0.4, 0.5) is 5.69 Å². The lowest BCUT2D eigenvalue weighted by atomic mass is 9.96. The minimum Gasteiger partial charge on any atom is -0.398 e. The van der Waals surface area contributed by atoms with Crippen molar-refractivity contribution in [3.63, 3.8) is 0 Å². The average molecular weight is 593 g/mol. The van der Waals surface area contributed by atoms with E-state index in [-0.39, 0.29) is 0 Å². The third kappa shape index (κ3) is 6.37. The highest BCUT2D eigenvalue weighted by molar-refractivity contribution is 6.16. The molecule has 7 rings (SSSR count). The van der Waals surface area contributed by atoms with Crippen molar-refractivity contribution >= 4 is 11.4 Å². The lowest BCUT2D eigenvalue weighted by Crippen LogP contribution is -2.08. The maximum absolute atomic E-state index is 6.72. The van der Waals surface area contributed by atoms with E-state index >= 15 is 0 Å². The standard InChI is InChI=1S/C42H32N4/c43-40-28-36(32-13-6-2-7-14-32)21-22-39(40)41(35-15-8-3-9-16-35)46-29-30-25-37(27-38(26-30)42-44-23-10-24-45-42)34-19-17-33(18-20-34)31-11-4-1-5-12-31/h1-28H,29,43H2. The van der Waals surface area contributed by atoms with Crippen molar-refractivity contribution in [2.24, 2.45) is 4.99 Å². The van der Waals surface area contributed by atoms with E-state index < -0.39 is 0 Å². The second kappa shape index (κ2) is 13.2. The van der Waals surface area contributed by atoms with Gasteiger partial charge < -0.3 is 5.73 Å². The summed E-state index contributed by atoms with van der Waals surface area (Å²) >= 11 is 0. The molecular formula is C42H32N4. The van der Waals surface area contributed by atoms with Crippen LogP contribution in [0.25, 0.3) is 44.8 Å². The molecule has 0 bridgehead atoms. The molecule has 0 amide bonds. The molecule has 0 unspecified atom stereocenters. The fourth-order valence-electron chi connectivity index (χ4n) is 5.70. The van der Waals surface area contributed by atoms with Gasteiger partial charge in [-0.1, -0.05) is 127 Å². The molecule has 0 spiro atoms. The molecule has 4 heteroatoms. The third-order valence-electron chi connectivity index (χ3n) is 8.02. The number of benzene rings is 6. The number of aromatic nitrogens is 2. The van der Waals surface area contributed by atoms with E-state index in [2.05, 4.69) is 113 Å². The molecule has 2 N–H and O–H groups in total. The van der Waals surface area contributed by atoms with Crippen LogP contribution in [0.3, 0.4) is 0 Å². The molecule has 0 aliphatic carbocycles. The Morgan fingerprint density at radius 2 is 1.00 bits per heavy atom. The van der Waals surface area contributed by atoms with Crippen LogP contribution < -0.4 is 5.73 Å². The summed E-state index contributed by atoms with van der Waals surface area (Å²) in [4.78, 5) is 14.3. The monoisotopic (exact) mass is 592 g/mol. The van der Waals surface area contributed by atoms with Crippen molar-refractivity contribution in [3.8, 4) is 44.8 Å². The quantitative estimate of drug-likeness (QED) is 0.141. The van der Waals surface area contributed by atoms with E-state index in [0.29, 0.717) is 18.1 Å². The molecular weight excluding hydrogens is 560 g/mol. The number of nitrogens with zero attached hydrogens (tertiary/aromatic N) is 3. The summed E-state index contributed by atoms with van der Waals surface area (Å²) in [6.07, 6.45) is 3.55. The molecule has 220 valence electrons. The zero-order valence-electron chi connectivity index (χ0n) is 25.3. The fourth-order valence-corrected chi connectivity index (χ4v) is 5.70. The van der Waals surface area contributed by atoms with Crippen LogP contribution in [0, 0.1) is 0 Å². The van der Waals surface area contributed by atoms with Crippen LogP contribution in [0.2, 0.25) is 0 Å². The van der Waals surface area contributed by atoms with Crippen LogP contribution in [0.5, 0.6) is 0 Å². The van der Waals surface area contributed by atoms with E-state index in [9.17, 15) is 0 Å². The molecule has 0 atom stereocenters. The van der Waals surface area contributed by atoms with Crippen molar-refractivity contribution in [1.29, 1.82) is 0 Å². The summed E-state index contributed by atoms with van der Waals surface area (Å²) in [5.41, 5.74) is 19.0. The SMILES string of the molecule is Nc1cc(-c2ccccc2)ccc1C(=NCc1cc(-c2ccc(-c3ccccc3)cc2)cc(-c2ncccn2)c1)c1ccccc1. The summed E-state index contributed by atoms with van der Waals surface area (Å²) < 4.78 is 0. The highest BCUT2D eigenvalue weighted by Crippen LogP contribution is 2.30. The maximum atomic E-state index is 6.72. The van der Waals surface area contributed by atoms with E-state index in [1.165, 1.54) is 11.1 Å². The summed E-state index contributed by atoms with van der Waals surface area (Å²) in [7, 11) is 0. The smallest absolute Gasteiger partial charge is 0.159 e. The number of hydrogen-bond donors (Lipinski definition) is 1. The first-order valence-electron chi connectivity index (χ1n) is 15.3. The van der Waals surface area contributed by atoms with Crippen molar-refractivity contribution < 1.29 is 0 Å². The van der Waals surface area contributed by atoms with Crippen molar-refractivity contribution in [2.75, 3.05) is 5.73 Å². The third-order valence-corrected chi connectivity index (χ3v) is 8.02. The molecule has 1 heterocycles. The minimum absolute atomic E-state index is 0.458. The Bertz CT molecular complexity index is 2090. The summed E-state index contributed by atoms with van der Waals surface area (Å²) in [6.45, 7) is 0.458. The largest absolute Gasteiger partial charge is 0.398 e. The maximum Gasteiger partial charge on any atom is 0.159 e. The van der Waals surface area contributed by atoms with Gasteiger partial charge >= 0.3 is 0 Å². The highest BCUT2D eigenvalue weighted by atomic mass is 14.9. The first-order chi connectivity index (χ1) is 22.7. The normalized spacial score (nSPS) is 11.3. The lowest BCUT2D eigenvalue weighted by molar-refractivity contribution is 1.06. The molecule has 0 saturated carbocycles. The van der Waals surface area contributed by atoms with Gasteiger partial charge in [-0.25, -0.2) is 9.97 Å². The van der Waals surface area contributed by atoms with Gasteiger partial charge in [0.1, 0.15) is 0 Å². The topological polar surface area (TPSA) is 64.2 Å². The number of aliphatic imine (C=N–C) groups is 1. The molecule has 7 aromatic rings. The molecule has 1 aromatic heterocycles. The molecule has 0 saturated heterocycles. The zero-order valence-corrected chi connectivity index (χ0v) is 25.3. The Balaban J connectivity index is 1.28. The van der Waals surface area contributed by atoms with E-state index in [0.717, 1.165) is 50.2 Å². The average Bonchev–Trinajstić information content (AvgIpc) is 3.14. The van der Waals surface area contributed by atoms with Crippen molar-refractivity contribution in [2.45, 2.75) is 6.54 Å². The van der Waals surface area contributed by atoms with E-state index in [1.54, 1.807) is 12.4 Å². The van der Waals surface area contributed by atoms with Crippen molar-refractivity contribution in [3.05, 3.63) is 187 Å². The predicted molar refractivity (Wildman–Crippen MR) is 190 cm³/mol. The lowest BCUT2D eigenvalue weighted by Gasteiger charge is -2.14. The Morgan fingerprint density at radius 1 is 0.478 bits per heavy atom. The first kappa shape index (κ1) is 28.6. The van der Waals surface area contributed by atoms with Gasteiger partial charge in [0.25, 0.3) is 0 Å². The molecule has 0 radical (unpaired) electrons. The number of rotatable bonds is 8. The predicted octanol–water partition coefficient (Wildman–Crippen LogP) is 9.76. The number of anilines is 1. The Labute approximate surface area is 269 Å². The Kier molecular flexibility index (Phi) is 8.24. The molecule has 0 fully saturated rings. The van der Waals surface area contributed by atoms with Crippen LogP contribution >= 0.6 is 0 Å². The van der Waals surface area contributed by atoms with Gasteiger partial charge in [0.05, 0.1) is 12.3 Å². The second-order valence-electron chi connectivity index (χ2n) is 11.1. The van der Waals surface area contributed by atoms with Gasteiger partial charge in [0.15, 0.2) is 5.82 Å². The number of nitrogen functional groups attached to an aromatic ring is 1. The summed E-state index contributed by atoms with van der Waals surface area (Å²) in [5, 5.41) is 0. The highest BCUT2D eigenvalue weighted by Gasteiger charge is 2.13. The van der Waals surface area contributed by atoms with Gasteiger partial charge in [0.2, 0.25) is 0 Å². The molecule has 6 aromatic carbocycles. The van der Waals surface area contributed by atoms with Gasteiger partial charge in [-0.05, 0) is 69.3 Å². The molecule has 0 aliphatic heterocycles. The summed E-state index contributed by atoms with van der Waals surface area (Å²) in [6, 6.07) is 54.2. The van der Waals surface area contributed by atoms with Crippen LogP contribution in [0.1, 0.15) is 16.7 Å². The van der Waals surface area contributed by atoms with E-state index in [4.69, 9.17) is 10.7 Å².